The third-order valence-corrected chi connectivity index (χ3v) is 9.83. The number of benzene rings is 3. The molecule has 4 aromatic rings. The molecule has 158 valence electrons. The van der Waals surface area contributed by atoms with Crippen molar-refractivity contribution in [3.63, 3.8) is 0 Å². The number of nitrogens with one attached hydrogen (secondary N) is 1. The van der Waals surface area contributed by atoms with Crippen molar-refractivity contribution in [1.82, 2.24) is 4.98 Å². The molecule has 0 saturated heterocycles. The average molecular weight is 453 g/mol. The molecule has 1 atom stereocenters. The van der Waals surface area contributed by atoms with E-state index in [1.54, 1.807) is 12.1 Å². The van der Waals surface area contributed by atoms with E-state index in [1.807, 2.05) is 61.5 Å². The van der Waals surface area contributed by atoms with Gasteiger partial charge in [0.1, 0.15) is 5.82 Å². The van der Waals surface area contributed by atoms with Gasteiger partial charge in [0, 0.05) is 22.4 Å². The Morgan fingerprint density at radius 3 is 2.26 bits per heavy atom. The maximum absolute atomic E-state index is 13.5. The van der Waals surface area contributed by atoms with E-state index >= 15 is 0 Å². The summed E-state index contributed by atoms with van der Waals surface area (Å²) in [5.74, 6) is -0.736. The van der Waals surface area contributed by atoms with E-state index in [9.17, 15) is 16.8 Å². The highest BCUT2D eigenvalue weighted by atomic mass is 32.3. The fraction of sp³-hybridized carbons (Fsp3) is 0.130. The molecule has 1 aromatic heterocycles. The van der Waals surface area contributed by atoms with Crippen molar-refractivity contribution in [1.29, 1.82) is 0 Å². The number of anilines is 1. The molecule has 1 N–H and O–H groups in total. The zero-order chi connectivity index (χ0) is 21.8. The summed E-state index contributed by atoms with van der Waals surface area (Å²) in [6, 6.07) is 22.9. The van der Waals surface area contributed by atoms with Gasteiger partial charge >= 0.3 is 0 Å². The van der Waals surface area contributed by atoms with Gasteiger partial charge in [0.25, 0.3) is 20.0 Å². The molecule has 1 unspecified atom stereocenters. The first-order valence-corrected chi connectivity index (χ1v) is 12.8. The number of rotatable bonds is 3. The summed E-state index contributed by atoms with van der Waals surface area (Å²) < 4.78 is 54.5. The zero-order valence-electron chi connectivity index (χ0n) is 16.7. The molecule has 0 amide bonds. The highest BCUT2D eigenvalue weighted by Gasteiger charge is 2.46. The summed E-state index contributed by atoms with van der Waals surface area (Å²) in [5.41, 5.74) is 3.07. The fourth-order valence-corrected chi connectivity index (χ4v) is 8.20. The average Bonchev–Trinajstić information content (AvgIpc) is 3.11. The van der Waals surface area contributed by atoms with Crippen molar-refractivity contribution in [2.45, 2.75) is 17.7 Å². The molecule has 0 fully saturated rings. The monoisotopic (exact) mass is 452 g/mol. The third-order valence-electron chi connectivity index (χ3n) is 5.63. The molecular formula is C23H20N2O4S2. The van der Waals surface area contributed by atoms with Gasteiger partial charge in [-0.1, -0.05) is 66.2 Å². The van der Waals surface area contributed by atoms with Crippen LogP contribution in [0, 0.1) is 6.92 Å². The molecule has 0 saturated carbocycles. The zero-order valence-corrected chi connectivity index (χ0v) is 18.3. The summed E-state index contributed by atoms with van der Waals surface area (Å²) in [6.45, 7) is 1.84. The second-order valence-electron chi connectivity index (χ2n) is 7.69. The van der Waals surface area contributed by atoms with Gasteiger partial charge in [0.15, 0.2) is 0 Å². The van der Waals surface area contributed by atoms with Crippen LogP contribution >= 0.6 is 0 Å². The van der Waals surface area contributed by atoms with Crippen molar-refractivity contribution in [3.05, 3.63) is 95.6 Å². The number of hydrogen-bond acceptors (Lipinski definition) is 4. The normalized spacial score (nSPS) is 18.1. The lowest BCUT2D eigenvalue weighted by Gasteiger charge is -2.32. The Balaban J connectivity index is 1.80. The lowest BCUT2D eigenvalue weighted by Crippen LogP contribution is -2.43. The van der Waals surface area contributed by atoms with Crippen molar-refractivity contribution >= 4 is 36.8 Å². The quantitative estimate of drug-likeness (QED) is 0.506. The molecule has 0 spiro atoms. The van der Waals surface area contributed by atoms with Gasteiger partial charge in [0.2, 0.25) is 0 Å². The van der Waals surface area contributed by atoms with Crippen LogP contribution in [0.1, 0.15) is 22.6 Å². The SMILES string of the molecule is Cc1ccc(S(=O)(=O)N2c3[nH]c4ccccc4c3C(c3ccccc3)CS2(=O)=O)cc1. The minimum Gasteiger partial charge on any atom is -0.339 e. The van der Waals surface area contributed by atoms with Crippen LogP contribution in [0.2, 0.25) is 0 Å². The maximum atomic E-state index is 13.5. The van der Waals surface area contributed by atoms with E-state index in [4.69, 9.17) is 0 Å². The summed E-state index contributed by atoms with van der Waals surface area (Å²) in [6.07, 6.45) is 0. The maximum Gasteiger partial charge on any atom is 0.278 e. The molecule has 0 radical (unpaired) electrons. The molecular weight excluding hydrogens is 432 g/mol. The lowest BCUT2D eigenvalue weighted by molar-refractivity contribution is 0.579. The van der Waals surface area contributed by atoms with Crippen LogP contribution < -0.4 is 3.71 Å². The summed E-state index contributed by atoms with van der Waals surface area (Å²) in [5, 5.41) is 0.811. The van der Waals surface area contributed by atoms with Crippen LogP contribution in [0.3, 0.4) is 0 Å². The number of aryl methyl sites for hydroxylation is 1. The number of H-pyrrole nitrogens is 1. The molecule has 2 heterocycles. The van der Waals surface area contributed by atoms with Gasteiger partial charge < -0.3 is 4.98 Å². The number of sulfonamides is 2. The molecule has 0 aliphatic carbocycles. The van der Waals surface area contributed by atoms with Crippen molar-refractivity contribution in [2.24, 2.45) is 0 Å². The van der Waals surface area contributed by atoms with E-state index in [1.165, 1.54) is 12.1 Å². The minimum absolute atomic E-state index is 0.0653. The second kappa shape index (κ2) is 6.96. The Morgan fingerprint density at radius 2 is 1.55 bits per heavy atom. The second-order valence-corrected chi connectivity index (χ2v) is 11.6. The van der Waals surface area contributed by atoms with Gasteiger partial charge in [-0.2, -0.15) is 8.42 Å². The van der Waals surface area contributed by atoms with E-state index in [0.29, 0.717) is 14.8 Å². The first-order valence-electron chi connectivity index (χ1n) is 9.79. The van der Waals surface area contributed by atoms with Crippen LogP contribution in [0.15, 0.2) is 83.8 Å². The number of aromatic nitrogens is 1. The Kier molecular flexibility index (Phi) is 4.46. The molecule has 3 aromatic carbocycles. The first kappa shape index (κ1) is 19.8. The van der Waals surface area contributed by atoms with Crippen LogP contribution in [-0.2, 0) is 20.0 Å². The van der Waals surface area contributed by atoms with Crippen LogP contribution in [-0.4, -0.2) is 27.6 Å². The van der Waals surface area contributed by atoms with Crippen LogP contribution in [0.5, 0.6) is 0 Å². The van der Waals surface area contributed by atoms with Crippen molar-refractivity contribution in [2.75, 3.05) is 9.46 Å². The van der Waals surface area contributed by atoms with E-state index in [2.05, 4.69) is 4.98 Å². The summed E-state index contributed by atoms with van der Waals surface area (Å²) in [7, 11) is -8.52. The molecule has 1 aliphatic heterocycles. The number of para-hydroxylation sites is 1. The first-order chi connectivity index (χ1) is 14.8. The highest BCUT2D eigenvalue weighted by Crippen LogP contribution is 2.45. The molecule has 31 heavy (non-hydrogen) atoms. The Morgan fingerprint density at radius 1 is 0.903 bits per heavy atom. The fourth-order valence-electron chi connectivity index (χ4n) is 4.17. The molecule has 0 bridgehead atoms. The lowest BCUT2D eigenvalue weighted by atomic mass is 9.92. The number of fused-ring (bicyclic) bond motifs is 3. The molecule has 5 rings (SSSR count). The smallest absolute Gasteiger partial charge is 0.278 e. The predicted octanol–water partition coefficient (Wildman–Crippen LogP) is 4.15. The highest BCUT2D eigenvalue weighted by molar-refractivity contribution is 8.10. The Labute approximate surface area is 181 Å². The Hall–Kier alpha value is -3.10. The standard InChI is InChI=1S/C23H20N2O4S2/c1-16-11-13-18(14-12-16)31(28,29)25-23-22(19-9-5-6-10-21(19)24-23)20(15-30(25,26)27)17-7-3-2-4-8-17/h2-14,20,24H,15H2,1H3. The Bertz CT molecular complexity index is 1490. The minimum atomic E-state index is -4.34. The van der Waals surface area contributed by atoms with Gasteiger partial charge in [-0.3, -0.25) is 0 Å². The van der Waals surface area contributed by atoms with E-state index in [0.717, 1.165) is 16.5 Å². The van der Waals surface area contributed by atoms with Gasteiger partial charge in [-0.15, -0.1) is 3.71 Å². The number of aromatic amines is 1. The van der Waals surface area contributed by atoms with Gasteiger partial charge in [-0.25, -0.2) is 8.42 Å². The van der Waals surface area contributed by atoms with Gasteiger partial charge in [0.05, 0.1) is 10.6 Å². The number of nitrogens with zero attached hydrogens (tertiary/aromatic N) is 1. The predicted molar refractivity (Wildman–Crippen MR) is 121 cm³/mol. The van der Waals surface area contributed by atoms with Crippen molar-refractivity contribution in [3.8, 4) is 0 Å². The van der Waals surface area contributed by atoms with E-state index in [-0.39, 0.29) is 16.5 Å². The molecule has 1 aliphatic rings. The third kappa shape index (κ3) is 3.14. The van der Waals surface area contributed by atoms with Crippen LogP contribution in [0.4, 0.5) is 5.82 Å². The number of hydrogen-bond donors (Lipinski definition) is 1. The summed E-state index contributed by atoms with van der Waals surface area (Å²) >= 11 is 0. The van der Waals surface area contributed by atoms with Crippen molar-refractivity contribution < 1.29 is 16.8 Å². The van der Waals surface area contributed by atoms with Crippen LogP contribution in [0.25, 0.3) is 10.9 Å². The van der Waals surface area contributed by atoms with E-state index < -0.39 is 26.0 Å². The molecule has 6 nitrogen and oxygen atoms in total. The molecule has 8 heteroatoms. The summed E-state index contributed by atoms with van der Waals surface area (Å²) in [4.78, 5) is 3.01. The van der Waals surface area contributed by atoms with Gasteiger partial charge in [-0.05, 0) is 30.7 Å². The largest absolute Gasteiger partial charge is 0.339 e. The topological polar surface area (TPSA) is 87.3 Å².